The van der Waals surface area contributed by atoms with Crippen LogP contribution in [0.2, 0.25) is 0 Å². The van der Waals surface area contributed by atoms with Crippen LogP contribution in [0.5, 0.6) is 0 Å². The number of rotatable bonds is 5. The number of hydrogen-bond donors (Lipinski definition) is 2. The molecule has 0 aliphatic heterocycles. The van der Waals surface area contributed by atoms with E-state index in [1.807, 2.05) is 0 Å². The van der Waals surface area contributed by atoms with E-state index in [-0.39, 0.29) is 11.4 Å². The average Bonchev–Trinajstić information content (AvgIpc) is 2.36. The Bertz CT molecular complexity index is 621. The maximum absolute atomic E-state index is 12.4. The van der Waals surface area contributed by atoms with Crippen molar-refractivity contribution in [3.05, 3.63) is 29.8 Å². The molecule has 0 amide bonds. The van der Waals surface area contributed by atoms with E-state index < -0.39 is 33.1 Å². The summed E-state index contributed by atoms with van der Waals surface area (Å²) in [6.45, 7) is 2.26. The number of carbonyl (C=O) groups is 1. The Morgan fingerprint density at radius 3 is 2.05 bits per heavy atom. The highest BCUT2D eigenvalue weighted by Gasteiger charge is 2.32. The van der Waals surface area contributed by atoms with Gasteiger partial charge in [-0.2, -0.15) is 13.2 Å². The molecule has 118 valence electrons. The van der Waals surface area contributed by atoms with Gasteiger partial charge in [-0.05, 0) is 38.1 Å². The maximum Gasteiger partial charge on any atom is 0.416 e. The zero-order chi connectivity index (χ0) is 16.5. The molecule has 0 saturated heterocycles. The Kier molecular flexibility index (Phi) is 4.69. The van der Waals surface area contributed by atoms with Gasteiger partial charge >= 0.3 is 12.1 Å². The van der Waals surface area contributed by atoms with Crippen LogP contribution in [-0.2, 0) is 21.0 Å². The summed E-state index contributed by atoms with van der Waals surface area (Å²) >= 11 is 0. The van der Waals surface area contributed by atoms with Crippen LogP contribution in [0.25, 0.3) is 0 Å². The third-order valence-electron chi connectivity index (χ3n) is 2.78. The van der Waals surface area contributed by atoms with E-state index in [2.05, 4.69) is 4.72 Å². The topological polar surface area (TPSA) is 83.5 Å². The van der Waals surface area contributed by atoms with Crippen LogP contribution in [0, 0.1) is 5.41 Å². The smallest absolute Gasteiger partial charge is 0.416 e. The van der Waals surface area contributed by atoms with Crippen molar-refractivity contribution in [3.8, 4) is 0 Å². The highest BCUT2D eigenvalue weighted by molar-refractivity contribution is 7.89. The number of sulfonamides is 1. The highest BCUT2D eigenvalue weighted by Crippen LogP contribution is 2.29. The SMILES string of the molecule is CC(C)(CNS(=O)(=O)c1ccc(C(F)(F)F)cc1)C(=O)O. The Morgan fingerprint density at radius 1 is 1.19 bits per heavy atom. The normalized spacial score (nSPS) is 13.2. The molecule has 5 nitrogen and oxygen atoms in total. The van der Waals surface area contributed by atoms with E-state index in [0.717, 1.165) is 12.1 Å². The van der Waals surface area contributed by atoms with Crippen LogP contribution in [0.4, 0.5) is 13.2 Å². The Balaban J connectivity index is 2.92. The number of aliphatic carboxylic acids is 1. The third-order valence-corrected chi connectivity index (χ3v) is 4.19. The second-order valence-corrected chi connectivity index (χ2v) is 6.80. The quantitative estimate of drug-likeness (QED) is 0.868. The molecule has 1 rings (SSSR count). The van der Waals surface area contributed by atoms with E-state index in [1.54, 1.807) is 0 Å². The molecule has 0 saturated carbocycles. The van der Waals surface area contributed by atoms with Crippen molar-refractivity contribution >= 4 is 16.0 Å². The van der Waals surface area contributed by atoms with Gasteiger partial charge in [-0.15, -0.1) is 0 Å². The van der Waals surface area contributed by atoms with Crippen LogP contribution >= 0.6 is 0 Å². The van der Waals surface area contributed by atoms with Gasteiger partial charge in [0.15, 0.2) is 0 Å². The predicted molar refractivity (Wildman–Crippen MR) is 68.0 cm³/mol. The highest BCUT2D eigenvalue weighted by atomic mass is 32.2. The first kappa shape index (κ1) is 17.4. The summed E-state index contributed by atoms with van der Waals surface area (Å²) < 4.78 is 63.0. The summed E-state index contributed by atoms with van der Waals surface area (Å²) in [6.07, 6.45) is -4.55. The fraction of sp³-hybridized carbons (Fsp3) is 0.417. The lowest BCUT2D eigenvalue weighted by Gasteiger charge is -2.19. The maximum atomic E-state index is 12.4. The Hall–Kier alpha value is -1.61. The molecule has 21 heavy (non-hydrogen) atoms. The molecule has 0 aliphatic rings. The second kappa shape index (κ2) is 5.64. The van der Waals surface area contributed by atoms with E-state index in [9.17, 15) is 26.4 Å². The van der Waals surface area contributed by atoms with Crippen molar-refractivity contribution in [2.75, 3.05) is 6.54 Å². The first-order chi connectivity index (χ1) is 9.36. The van der Waals surface area contributed by atoms with Gasteiger partial charge in [0.25, 0.3) is 0 Å². The fourth-order valence-corrected chi connectivity index (χ4v) is 2.47. The fourth-order valence-electron chi connectivity index (χ4n) is 1.26. The molecular formula is C12H14F3NO4S. The van der Waals surface area contributed by atoms with Crippen molar-refractivity contribution in [3.63, 3.8) is 0 Å². The number of hydrogen-bond acceptors (Lipinski definition) is 3. The third kappa shape index (κ3) is 4.43. The van der Waals surface area contributed by atoms with Gasteiger partial charge in [-0.3, -0.25) is 4.79 Å². The van der Waals surface area contributed by atoms with E-state index in [1.165, 1.54) is 13.8 Å². The number of halogens is 3. The van der Waals surface area contributed by atoms with E-state index in [4.69, 9.17) is 5.11 Å². The van der Waals surface area contributed by atoms with Gasteiger partial charge in [0.1, 0.15) is 0 Å². The standard InChI is InChI=1S/C12H14F3NO4S/c1-11(2,10(17)18)7-16-21(19,20)9-5-3-8(4-6-9)12(13,14)15/h3-6,16H,7H2,1-2H3,(H,17,18). The average molecular weight is 325 g/mol. The van der Waals surface area contributed by atoms with E-state index in [0.29, 0.717) is 12.1 Å². The zero-order valence-corrected chi connectivity index (χ0v) is 12.0. The summed E-state index contributed by atoms with van der Waals surface area (Å²) in [5, 5.41) is 8.87. The minimum Gasteiger partial charge on any atom is -0.481 e. The summed E-state index contributed by atoms with van der Waals surface area (Å²) in [5.41, 5.74) is -2.30. The summed E-state index contributed by atoms with van der Waals surface area (Å²) in [6, 6.07) is 2.94. The Labute approximate surface area is 119 Å². The van der Waals surface area contributed by atoms with Crippen molar-refractivity contribution in [1.29, 1.82) is 0 Å². The molecule has 0 fully saturated rings. The monoisotopic (exact) mass is 325 g/mol. The molecule has 0 bridgehead atoms. The van der Waals surface area contributed by atoms with Crippen molar-refractivity contribution in [2.24, 2.45) is 5.41 Å². The van der Waals surface area contributed by atoms with E-state index >= 15 is 0 Å². The first-order valence-electron chi connectivity index (χ1n) is 5.76. The molecule has 1 aromatic rings. The van der Waals surface area contributed by atoms with Gasteiger partial charge in [-0.25, -0.2) is 13.1 Å². The Morgan fingerprint density at radius 2 is 1.67 bits per heavy atom. The van der Waals surface area contributed by atoms with Crippen LogP contribution in [0.3, 0.4) is 0 Å². The molecular weight excluding hydrogens is 311 g/mol. The molecule has 2 N–H and O–H groups in total. The largest absolute Gasteiger partial charge is 0.481 e. The number of alkyl halides is 3. The minimum atomic E-state index is -4.55. The lowest BCUT2D eigenvalue weighted by Crippen LogP contribution is -2.38. The molecule has 0 aliphatic carbocycles. The number of carboxylic acids is 1. The molecule has 9 heteroatoms. The van der Waals surface area contributed by atoms with Crippen LogP contribution in [0.1, 0.15) is 19.4 Å². The van der Waals surface area contributed by atoms with Crippen LogP contribution in [-0.4, -0.2) is 26.0 Å². The van der Waals surface area contributed by atoms with Gasteiger partial charge in [0.05, 0.1) is 15.9 Å². The van der Waals surface area contributed by atoms with Gasteiger partial charge < -0.3 is 5.11 Å². The number of nitrogens with one attached hydrogen (secondary N) is 1. The minimum absolute atomic E-state index is 0.364. The van der Waals surface area contributed by atoms with Crippen LogP contribution < -0.4 is 4.72 Å². The van der Waals surface area contributed by atoms with Gasteiger partial charge in [0, 0.05) is 6.54 Å². The summed E-state index contributed by atoms with van der Waals surface area (Å²) in [7, 11) is -4.07. The zero-order valence-electron chi connectivity index (χ0n) is 11.2. The van der Waals surface area contributed by atoms with Crippen molar-refractivity contribution in [1.82, 2.24) is 4.72 Å². The predicted octanol–water partition coefficient (Wildman–Crippen LogP) is 2.09. The van der Waals surface area contributed by atoms with Crippen LogP contribution in [0.15, 0.2) is 29.2 Å². The molecule has 0 heterocycles. The van der Waals surface area contributed by atoms with Gasteiger partial charge in [-0.1, -0.05) is 0 Å². The van der Waals surface area contributed by atoms with Gasteiger partial charge in [0.2, 0.25) is 10.0 Å². The van der Waals surface area contributed by atoms with Crippen molar-refractivity contribution in [2.45, 2.75) is 24.9 Å². The molecule has 1 aromatic carbocycles. The first-order valence-corrected chi connectivity index (χ1v) is 7.25. The van der Waals surface area contributed by atoms with Crippen molar-refractivity contribution < 1.29 is 31.5 Å². The summed E-state index contributed by atoms with van der Waals surface area (Å²) in [5.74, 6) is -1.20. The number of carboxylic acid groups (broad SMARTS) is 1. The molecule has 0 radical (unpaired) electrons. The molecule has 0 aromatic heterocycles. The second-order valence-electron chi connectivity index (χ2n) is 5.04. The summed E-state index contributed by atoms with van der Waals surface area (Å²) in [4.78, 5) is 10.5. The lowest BCUT2D eigenvalue weighted by atomic mass is 9.95. The molecule has 0 atom stereocenters. The molecule has 0 unspecified atom stereocenters. The lowest BCUT2D eigenvalue weighted by molar-refractivity contribution is -0.146. The molecule has 0 spiro atoms. The number of benzene rings is 1.